The number of ether oxygens (including phenoxy) is 1. The molecule has 0 saturated carbocycles. The number of carbonyl (C=O) groups is 3. The van der Waals surface area contributed by atoms with Gasteiger partial charge in [0.1, 0.15) is 29.6 Å². The second kappa shape index (κ2) is 8.75. The Balaban J connectivity index is 1.40. The quantitative estimate of drug-likeness (QED) is 0.554. The summed E-state index contributed by atoms with van der Waals surface area (Å²) < 4.78 is 10.8. The van der Waals surface area contributed by atoms with Gasteiger partial charge in [0.15, 0.2) is 0 Å². The van der Waals surface area contributed by atoms with Crippen molar-refractivity contribution in [1.29, 1.82) is 0 Å². The molecule has 2 aliphatic heterocycles. The number of imide groups is 1. The predicted octanol–water partition coefficient (Wildman–Crippen LogP) is 3.43. The minimum atomic E-state index is -1.25. The maximum atomic E-state index is 13.4. The Morgan fingerprint density at radius 1 is 1.11 bits per heavy atom. The predicted molar refractivity (Wildman–Crippen MR) is 126 cm³/mol. The Hall–Kier alpha value is -4.40. The molecule has 0 bridgehead atoms. The van der Waals surface area contributed by atoms with E-state index in [1.165, 1.54) is 11.3 Å². The highest BCUT2D eigenvalue weighted by Gasteiger charge is 2.50. The molecule has 35 heavy (non-hydrogen) atoms. The van der Waals surface area contributed by atoms with Gasteiger partial charge in [0.25, 0.3) is 11.8 Å². The molecule has 0 spiro atoms. The number of hydrogen-bond acceptors (Lipinski definition) is 6. The maximum Gasteiger partial charge on any atom is 0.325 e. The fourth-order valence-corrected chi connectivity index (χ4v) is 4.42. The molecule has 0 unspecified atom stereocenters. The van der Waals surface area contributed by atoms with E-state index < -0.39 is 36.0 Å². The van der Waals surface area contributed by atoms with Gasteiger partial charge < -0.3 is 14.5 Å². The fourth-order valence-electron chi connectivity index (χ4n) is 4.42. The van der Waals surface area contributed by atoms with Crippen LogP contribution in [-0.2, 0) is 15.1 Å². The van der Waals surface area contributed by atoms with Crippen LogP contribution in [0.25, 0.3) is 0 Å². The van der Waals surface area contributed by atoms with Crippen LogP contribution in [0, 0.1) is 0 Å². The first-order valence-corrected chi connectivity index (χ1v) is 11.2. The molecule has 1 aromatic heterocycles. The molecule has 0 radical (unpaired) electrons. The highest BCUT2D eigenvalue weighted by Crippen LogP contribution is 2.34. The van der Waals surface area contributed by atoms with Crippen molar-refractivity contribution in [1.82, 2.24) is 15.2 Å². The van der Waals surface area contributed by atoms with Crippen LogP contribution in [0.5, 0.6) is 5.75 Å². The summed E-state index contributed by atoms with van der Waals surface area (Å²) in [5.74, 6) is 0.297. The third-order valence-corrected chi connectivity index (χ3v) is 6.38. The van der Waals surface area contributed by atoms with Gasteiger partial charge >= 0.3 is 6.03 Å². The minimum Gasteiger partial charge on any atom is -0.497 e. The van der Waals surface area contributed by atoms with Crippen LogP contribution in [0.1, 0.15) is 36.3 Å². The van der Waals surface area contributed by atoms with Crippen LogP contribution in [0.15, 0.2) is 82.5 Å². The van der Waals surface area contributed by atoms with E-state index in [1.54, 1.807) is 50.4 Å². The molecule has 4 amide bonds. The monoisotopic (exact) mass is 472 g/mol. The molecular weight excluding hydrogens is 448 g/mol. The average molecular weight is 473 g/mol. The van der Waals surface area contributed by atoms with Crippen molar-refractivity contribution in [2.45, 2.75) is 24.9 Å². The smallest absolute Gasteiger partial charge is 0.325 e. The second-order valence-corrected chi connectivity index (χ2v) is 8.56. The minimum absolute atomic E-state index is 0.424. The Labute approximate surface area is 202 Å². The van der Waals surface area contributed by atoms with E-state index in [4.69, 9.17) is 9.15 Å². The number of furan rings is 1. The van der Waals surface area contributed by atoms with Gasteiger partial charge in [-0.05, 0) is 54.4 Å². The summed E-state index contributed by atoms with van der Waals surface area (Å²) in [5, 5.41) is 8.60. The summed E-state index contributed by atoms with van der Waals surface area (Å²) in [7, 11) is 1.59. The molecule has 0 aliphatic carbocycles. The van der Waals surface area contributed by atoms with Crippen molar-refractivity contribution in [3.05, 3.63) is 89.9 Å². The van der Waals surface area contributed by atoms with Crippen molar-refractivity contribution < 1.29 is 23.5 Å². The Morgan fingerprint density at radius 2 is 1.86 bits per heavy atom. The summed E-state index contributed by atoms with van der Waals surface area (Å²) in [5.41, 5.74) is 0.919. The van der Waals surface area contributed by atoms with Crippen LogP contribution in [-0.4, -0.2) is 47.1 Å². The third kappa shape index (κ3) is 3.95. The van der Waals surface area contributed by atoms with Gasteiger partial charge in [0, 0.05) is 6.42 Å². The van der Waals surface area contributed by atoms with Crippen molar-refractivity contribution in [2.24, 2.45) is 5.10 Å². The Bertz CT molecular complexity index is 1290. The number of hydrazone groups is 1. The molecule has 5 rings (SSSR count). The molecule has 1 saturated heterocycles. The summed E-state index contributed by atoms with van der Waals surface area (Å²) in [6, 6.07) is 18.7. The summed E-state index contributed by atoms with van der Waals surface area (Å²) in [6.07, 6.45) is 1.96. The molecule has 3 aromatic rings. The van der Waals surface area contributed by atoms with Crippen LogP contribution < -0.4 is 10.1 Å². The molecule has 1 fully saturated rings. The lowest BCUT2D eigenvalue weighted by atomic mass is 9.92. The zero-order valence-electron chi connectivity index (χ0n) is 19.3. The Kier molecular flexibility index (Phi) is 5.60. The standard InChI is InChI=1S/C26H24N4O5/c1-26(18-7-4-3-5-8-18)24(32)29(25(33)27-26)16-23(31)30-21(22-9-6-14-35-22)15-20(28-30)17-10-12-19(34-2)13-11-17/h3-14,21H,15-16H2,1-2H3,(H,27,33)/t21-,26+/m0/s1. The highest BCUT2D eigenvalue weighted by molar-refractivity contribution is 6.09. The molecular formula is C26H24N4O5. The molecule has 1 N–H and O–H groups in total. The number of nitrogens with one attached hydrogen (secondary N) is 1. The zero-order chi connectivity index (χ0) is 24.6. The number of carbonyl (C=O) groups excluding carboxylic acids is 3. The number of methoxy groups -OCH3 is 1. The summed E-state index contributed by atoms with van der Waals surface area (Å²) in [6.45, 7) is 1.19. The van der Waals surface area contributed by atoms with E-state index in [1.807, 2.05) is 30.3 Å². The molecule has 2 aromatic carbocycles. The van der Waals surface area contributed by atoms with Gasteiger partial charge in [-0.15, -0.1) is 0 Å². The topological polar surface area (TPSA) is 104 Å². The fraction of sp³-hybridized carbons (Fsp3) is 0.231. The number of rotatable bonds is 6. The molecule has 9 heteroatoms. The SMILES string of the molecule is COc1ccc(C2=NN(C(=O)CN3C(=O)N[C@](C)(c4ccccc4)C3=O)[C@H](c3ccco3)C2)cc1. The first-order chi connectivity index (χ1) is 16.9. The summed E-state index contributed by atoms with van der Waals surface area (Å²) in [4.78, 5) is 40.3. The molecule has 178 valence electrons. The molecule has 2 atom stereocenters. The van der Waals surface area contributed by atoms with Crippen molar-refractivity contribution in [2.75, 3.05) is 13.7 Å². The van der Waals surface area contributed by atoms with Crippen LogP contribution in [0.2, 0.25) is 0 Å². The average Bonchev–Trinajstić information content (AvgIpc) is 3.61. The number of hydrogen-bond donors (Lipinski definition) is 1. The first-order valence-electron chi connectivity index (χ1n) is 11.2. The number of amides is 4. The highest BCUT2D eigenvalue weighted by atomic mass is 16.5. The molecule has 3 heterocycles. The van der Waals surface area contributed by atoms with Crippen LogP contribution in [0.3, 0.4) is 0 Å². The van der Waals surface area contributed by atoms with Crippen molar-refractivity contribution >= 4 is 23.6 Å². The normalized spacial score (nSPS) is 21.8. The second-order valence-electron chi connectivity index (χ2n) is 8.56. The van der Waals surface area contributed by atoms with E-state index in [-0.39, 0.29) is 0 Å². The van der Waals surface area contributed by atoms with E-state index in [9.17, 15) is 14.4 Å². The lowest BCUT2D eigenvalue weighted by molar-refractivity contribution is -0.140. The molecule has 9 nitrogen and oxygen atoms in total. The van der Waals surface area contributed by atoms with Gasteiger partial charge in [-0.1, -0.05) is 30.3 Å². The van der Waals surface area contributed by atoms with Crippen LogP contribution >= 0.6 is 0 Å². The number of nitrogens with zero attached hydrogens (tertiary/aromatic N) is 3. The van der Waals surface area contributed by atoms with Crippen LogP contribution in [0.4, 0.5) is 4.79 Å². The summed E-state index contributed by atoms with van der Waals surface area (Å²) >= 11 is 0. The van der Waals surface area contributed by atoms with E-state index in [0.717, 1.165) is 10.5 Å². The van der Waals surface area contributed by atoms with Crippen molar-refractivity contribution in [3.8, 4) is 5.75 Å². The first kappa shape index (κ1) is 22.4. The van der Waals surface area contributed by atoms with Gasteiger partial charge in [0.2, 0.25) is 0 Å². The zero-order valence-corrected chi connectivity index (χ0v) is 19.3. The van der Waals surface area contributed by atoms with E-state index in [0.29, 0.717) is 29.2 Å². The van der Waals surface area contributed by atoms with E-state index >= 15 is 0 Å². The third-order valence-electron chi connectivity index (χ3n) is 6.38. The van der Waals surface area contributed by atoms with E-state index in [2.05, 4.69) is 10.4 Å². The number of benzene rings is 2. The number of urea groups is 1. The largest absolute Gasteiger partial charge is 0.497 e. The van der Waals surface area contributed by atoms with Gasteiger partial charge in [-0.25, -0.2) is 9.80 Å². The molecule has 2 aliphatic rings. The Morgan fingerprint density at radius 3 is 2.51 bits per heavy atom. The lowest BCUT2D eigenvalue weighted by Gasteiger charge is -2.24. The van der Waals surface area contributed by atoms with Crippen molar-refractivity contribution in [3.63, 3.8) is 0 Å². The van der Waals surface area contributed by atoms with Gasteiger partial charge in [-0.3, -0.25) is 14.5 Å². The lowest BCUT2D eigenvalue weighted by Crippen LogP contribution is -2.43. The van der Waals surface area contributed by atoms with Gasteiger partial charge in [-0.2, -0.15) is 5.10 Å². The van der Waals surface area contributed by atoms with Gasteiger partial charge in [0.05, 0.1) is 19.1 Å². The maximum absolute atomic E-state index is 13.4.